The maximum Gasteiger partial charge on any atom is 0.267 e. The van der Waals surface area contributed by atoms with Gasteiger partial charge in [-0.05, 0) is 38.5 Å². The molecule has 1 aliphatic carbocycles. The van der Waals surface area contributed by atoms with Gasteiger partial charge in [-0.2, -0.15) is 5.10 Å². The standard InChI is InChI=1S/C16H25N3O3S/c1-11(2)10-19-13(4)16(12(3)17-19)23(21,22)18-15(20)9-14-7-5-6-8-14/h5,7,11,14H,6,8-10H2,1-4H3,(H,18,20)/t14-/m1/s1. The molecule has 1 aliphatic rings. The third-order valence-corrected chi connectivity index (χ3v) is 5.55. The van der Waals surface area contributed by atoms with Crippen LogP contribution in [0.15, 0.2) is 17.0 Å². The van der Waals surface area contributed by atoms with E-state index < -0.39 is 15.9 Å². The summed E-state index contributed by atoms with van der Waals surface area (Å²) in [6, 6.07) is 0. The Balaban J connectivity index is 2.17. The fourth-order valence-electron chi connectivity index (χ4n) is 2.94. The first-order valence-electron chi connectivity index (χ1n) is 7.97. The van der Waals surface area contributed by atoms with Crippen LogP contribution in [0.3, 0.4) is 0 Å². The number of rotatable bonds is 6. The third-order valence-electron chi connectivity index (χ3n) is 3.93. The van der Waals surface area contributed by atoms with Gasteiger partial charge < -0.3 is 0 Å². The summed E-state index contributed by atoms with van der Waals surface area (Å²) in [6.07, 6.45) is 6.05. The maximum atomic E-state index is 12.6. The zero-order chi connectivity index (χ0) is 17.2. The van der Waals surface area contributed by atoms with Gasteiger partial charge in [-0.1, -0.05) is 26.0 Å². The molecule has 6 nitrogen and oxygen atoms in total. The van der Waals surface area contributed by atoms with Gasteiger partial charge in [0.05, 0.1) is 11.4 Å². The lowest BCUT2D eigenvalue weighted by molar-refractivity contribution is -0.119. The summed E-state index contributed by atoms with van der Waals surface area (Å²) < 4.78 is 29.0. The number of sulfonamides is 1. The Hall–Kier alpha value is -1.63. The van der Waals surface area contributed by atoms with Crippen LogP contribution in [-0.4, -0.2) is 24.1 Å². The van der Waals surface area contributed by atoms with Crippen molar-refractivity contribution in [3.8, 4) is 0 Å². The molecule has 1 aromatic rings. The topological polar surface area (TPSA) is 81.1 Å². The number of amides is 1. The van der Waals surface area contributed by atoms with Crippen molar-refractivity contribution in [2.45, 2.75) is 58.4 Å². The van der Waals surface area contributed by atoms with Crippen LogP contribution < -0.4 is 4.72 Å². The van der Waals surface area contributed by atoms with Crippen molar-refractivity contribution in [2.24, 2.45) is 11.8 Å². The molecule has 0 fully saturated rings. The highest BCUT2D eigenvalue weighted by atomic mass is 32.2. The molecule has 0 spiro atoms. The van der Waals surface area contributed by atoms with Gasteiger partial charge in [-0.25, -0.2) is 13.1 Å². The lowest BCUT2D eigenvalue weighted by atomic mass is 10.1. The van der Waals surface area contributed by atoms with Crippen LogP contribution in [0.4, 0.5) is 0 Å². The monoisotopic (exact) mass is 339 g/mol. The molecule has 2 rings (SSSR count). The van der Waals surface area contributed by atoms with E-state index in [1.807, 2.05) is 26.0 Å². The number of carbonyl (C=O) groups excluding carboxylic acids is 1. The largest absolute Gasteiger partial charge is 0.274 e. The van der Waals surface area contributed by atoms with Gasteiger partial charge >= 0.3 is 0 Å². The van der Waals surface area contributed by atoms with Gasteiger partial charge in [-0.3, -0.25) is 9.48 Å². The predicted molar refractivity (Wildman–Crippen MR) is 88.3 cm³/mol. The fraction of sp³-hybridized carbons (Fsp3) is 0.625. The van der Waals surface area contributed by atoms with Crippen LogP contribution in [0, 0.1) is 25.7 Å². The Morgan fingerprint density at radius 1 is 1.43 bits per heavy atom. The Bertz CT molecular complexity index is 717. The van der Waals surface area contributed by atoms with Crippen LogP contribution in [0.25, 0.3) is 0 Å². The van der Waals surface area contributed by atoms with Crippen molar-refractivity contribution < 1.29 is 13.2 Å². The number of hydrogen-bond donors (Lipinski definition) is 1. The summed E-state index contributed by atoms with van der Waals surface area (Å²) in [5.74, 6) is 0.0281. The molecule has 0 saturated heterocycles. The Kier molecular flexibility index (Phi) is 5.29. The summed E-state index contributed by atoms with van der Waals surface area (Å²) in [5, 5.41) is 4.30. The van der Waals surface area contributed by atoms with Crippen LogP contribution in [0.1, 0.15) is 44.5 Å². The predicted octanol–water partition coefficient (Wildman–Crippen LogP) is 2.32. The molecule has 0 aliphatic heterocycles. The van der Waals surface area contributed by atoms with Crippen LogP contribution in [0.5, 0.6) is 0 Å². The minimum atomic E-state index is -3.88. The van der Waals surface area contributed by atoms with E-state index in [-0.39, 0.29) is 17.2 Å². The quantitative estimate of drug-likeness (QED) is 0.807. The van der Waals surface area contributed by atoms with Crippen LogP contribution >= 0.6 is 0 Å². The normalized spacial score (nSPS) is 17.9. The lowest BCUT2D eigenvalue weighted by Crippen LogP contribution is -2.32. The zero-order valence-corrected chi connectivity index (χ0v) is 15.0. The summed E-state index contributed by atoms with van der Waals surface area (Å²) in [7, 11) is -3.88. The van der Waals surface area contributed by atoms with Crippen molar-refractivity contribution >= 4 is 15.9 Å². The van der Waals surface area contributed by atoms with Gasteiger partial charge in [0.25, 0.3) is 10.0 Å². The number of hydrogen-bond acceptors (Lipinski definition) is 4. The maximum absolute atomic E-state index is 12.6. The van der Waals surface area contributed by atoms with Crippen molar-refractivity contribution in [3.05, 3.63) is 23.5 Å². The van der Waals surface area contributed by atoms with E-state index in [0.29, 0.717) is 23.9 Å². The molecule has 1 N–H and O–H groups in total. The SMILES string of the molecule is Cc1nn(CC(C)C)c(C)c1S(=O)(=O)NC(=O)C[C@@H]1C=CCC1. The molecule has 7 heteroatoms. The van der Waals surface area contributed by atoms with E-state index in [0.717, 1.165) is 12.8 Å². The number of carbonyl (C=O) groups is 1. The van der Waals surface area contributed by atoms with Gasteiger partial charge in [-0.15, -0.1) is 0 Å². The van der Waals surface area contributed by atoms with E-state index >= 15 is 0 Å². The minimum absolute atomic E-state index is 0.119. The second-order valence-corrected chi connectivity index (χ2v) is 8.19. The van der Waals surface area contributed by atoms with Gasteiger partial charge in [0.2, 0.25) is 5.91 Å². The first-order chi connectivity index (χ1) is 10.7. The van der Waals surface area contributed by atoms with Crippen molar-refractivity contribution in [1.29, 1.82) is 0 Å². The number of aromatic nitrogens is 2. The summed E-state index contributed by atoms with van der Waals surface area (Å²) in [6.45, 7) is 8.11. The Morgan fingerprint density at radius 2 is 2.13 bits per heavy atom. The molecule has 0 aromatic carbocycles. The van der Waals surface area contributed by atoms with E-state index in [1.165, 1.54) is 0 Å². The highest BCUT2D eigenvalue weighted by Gasteiger charge is 2.27. The number of nitrogens with one attached hydrogen (secondary N) is 1. The first kappa shape index (κ1) is 17.7. The second-order valence-electron chi connectivity index (χ2n) is 6.57. The number of allylic oxidation sites excluding steroid dienone is 2. The molecule has 1 heterocycles. The summed E-state index contributed by atoms with van der Waals surface area (Å²) >= 11 is 0. The molecule has 0 bridgehead atoms. The number of aryl methyl sites for hydroxylation is 1. The fourth-order valence-corrected chi connectivity index (χ4v) is 4.35. The second kappa shape index (κ2) is 6.86. The van der Waals surface area contributed by atoms with Crippen LogP contribution in [-0.2, 0) is 21.4 Å². The van der Waals surface area contributed by atoms with Crippen molar-refractivity contribution in [2.75, 3.05) is 0 Å². The molecular weight excluding hydrogens is 314 g/mol. The average molecular weight is 339 g/mol. The molecule has 1 atom stereocenters. The zero-order valence-electron chi connectivity index (χ0n) is 14.2. The molecule has 0 saturated carbocycles. The van der Waals surface area contributed by atoms with Gasteiger partial charge in [0.15, 0.2) is 0 Å². The lowest BCUT2D eigenvalue weighted by Gasteiger charge is -2.11. The van der Waals surface area contributed by atoms with Gasteiger partial charge in [0, 0.05) is 13.0 Å². The molecule has 23 heavy (non-hydrogen) atoms. The van der Waals surface area contributed by atoms with Crippen molar-refractivity contribution in [3.63, 3.8) is 0 Å². The van der Waals surface area contributed by atoms with E-state index in [4.69, 9.17) is 0 Å². The highest BCUT2D eigenvalue weighted by Crippen LogP contribution is 2.22. The molecule has 1 aromatic heterocycles. The van der Waals surface area contributed by atoms with Gasteiger partial charge in [0.1, 0.15) is 4.90 Å². The Morgan fingerprint density at radius 3 is 2.70 bits per heavy atom. The number of nitrogens with zero attached hydrogens (tertiary/aromatic N) is 2. The van der Waals surface area contributed by atoms with E-state index in [2.05, 4.69) is 9.82 Å². The minimum Gasteiger partial charge on any atom is -0.274 e. The first-order valence-corrected chi connectivity index (χ1v) is 9.45. The van der Waals surface area contributed by atoms with E-state index in [1.54, 1.807) is 18.5 Å². The van der Waals surface area contributed by atoms with Crippen molar-refractivity contribution in [1.82, 2.24) is 14.5 Å². The third kappa shape index (κ3) is 4.22. The van der Waals surface area contributed by atoms with E-state index in [9.17, 15) is 13.2 Å². The molecule has 0 unspecified atom stereocenters. The molecule has 128 valence electrons. The summed E-state index contributed by atoms with van der Waals surface area (Å²) in [5.41, 5.74) is 0.987. The Labute approximate surface area is 138 Å². The van der Waals surface area contributed by atoms with Crippen LogP contribution in [0.2, 0.25) is 0 Å². The smallest absolute Gasteiger partial charge is 0.267 e. The molecule has 0 radical (unpaired) electrons. The molecule has 1 amide bonds. The summed E-state index contributed by atoms with van der Waals surface area (Å²) in [4.78, 5) is 12.2. The molecular formula is C16H25N3O3S. The highest BCUT2D eigenvalue weighted by molar-refractivity contribution is 7.90. The average Bonchev–Trinajstić information content (AvgIpc) is 2.97.